The summed E-state index contributed by atoms with van der Waals surface area (Å²) in [6.07, 6.45) is 12.5. The fourth-order valence-electron chi connectivity index (χ4n) is 1.55. The molecule has 0 heterocycles. The van der Waals surface area contributed by atoms with Crippen molar-refractivity contribution in [2.45, 2.75) is 69.5 Å². The molecule has 0 rings (SSSR count). The van der Waals surface area contributed by atoms with E-state index in [1.54, 1.807) is 0 Å². The summed E-state index contributed by atoms with van der Waals surface area (Å²) < 4.78 is 0. The van der Waals surface area contributed by atoms with Gasteiger partial charge in [0.05, 0.1) is 0 Å². The lowest BCUT2D eigenvalue weighted by Gasteiger charge is -2.05. The van der Waals surface area contributed by atoms with Crippen LogP contribution >= 0.6 is 31.9 Å². The standard InChI is InChI=1S/C12H24Br2/c1-2-12(14)10-8-6-4-3-5-7-9-11-13/h12H,2-11H2,1H3. The highest BCUT2D eigenvalue weighted by atomic mass is 79.9. The molecule has 0 N–H and O–H groups in total. The summed E-state index contributed by atoms with van der Waals surface area (Å²) in [5, 5.41) is 1.18. The van der Waals surface area contributed by atoms with Gasteiger partial charge in [-0.2, -0.15) is 0 Å². The molecule has 0 saturated heterocycles. The molecule has 0 saturated carbocycles. The molecule has 2 heteroatoms. The van der Waals surface area contributed by atoms with Crippen molar-refractivity contribution in [3.63, 3.8) is 0 Å². The zero-order valence-corrected chi connectivity index (χ0v) is 12.6. The summed E-state index contributed by atoms with van der Waals surface area (Å²) in [4.78, 5) is 0.760. The van der Waals surface area contributed by atoms with Crippen molar-refractivity contribution in [2.24, 2.45) is 0 Å². The molecule has 0 spiro atoms. The fourth-order valence-corrected chi connectivity index (χ4v) is 2.27. The predicted molar refractivity (Wildman–Crippen MR) is 73.7 cm³/mol. The Morgan fingerprint density at radius 2 is 1.36 bits per heavy atom. The Balaban J connectivity index is 2.92. The van der Waals surface area contributed by atoms with Gasteiger partial charge in [0, 0.05) is 10.2 Å². The molecule has 86 valence electrons. The molecule has 1 atom stereocenters. The summed E-state index contributed by atoms with van der Waals surface area (Å²) in [6, 6.07) is 0. The Morgan fingerprint density at radius 3 is 1.86 bits per heavy atom. The van der Waals surface area contributed by atoms with Crippen molar-refractivity contribution >= 4 is 31.9 Å². The van der Waals surface area contributed by atoms with Crippen LogP contribution in [0.4, 0.5) is 0 Å². The molecule has 0 aliphatic rings. The van der Waals surface area contributed by atoms with Gasteiger partial charge in [0.25, 0.3) is 0 Å². The topological polar surface area (TPSA) is 0 Å². The molecule has 0 aromatic carbocycles. The molecule has 14 heavy (non-hydrogen) atoms. The van der Waals surface area contributed by atoms with E-state index < -0.39 is 0 Å². The number of halogens is 2. The Kier molecular flexibility index (Phi) is 12.9. The molecule has 0 amide bonds. The van der Waals surface area contributed by atoms with Crippen LogP contribution in [0.25, 0.3) is 0 Å². The number of rotatable bonds is 10. The van der Waals surface area contributed by atoms with Gasteiger partial charge in [-0.3, -0.25) is 0 Å². The van der Waals surface area contributed by atoms with Crippen LogP contribution in [-0.4, -0.2) is 10.2 Å². The van der Waals surface area contributed by atoms with Gasteiger partial charge in [-0.25, -0.2) is 0 Å². The highest BCUT2D eigenvalue weighted by molar-refractivity contribution is 9.09. The van der Waals surface area contributed by atoms with Crippen molar-refractivity contribution in [1.82, 2.24) is 0 Å². The Hall–Kier alpha value is 0.960. The monoisotopic (exact) mass is 326 g/mol. The van der Waals surface area contributed by atoms with Gasteiger partial charge in [-0.15, -0.1) is 0 Å². The molecule has 0 aliphatic carbocycles. The van der Waals surface area contributed by atoms with Crippen molar-refractivity contribution in [1.29, 1.82) is 0 Å². The summed E-state index contributed by atoms with van der Waals surface area (Å²) in [5.41, 5.74) is 0. The van der Waals surface area contributed by atoms with E-state index in [9.17, 15) is 0 Å². The zero-order valence-electron chi connectivity index (χ0n) is 9.40. The van der Waals surface area contributed by atoms with Crippen molar-refractivity contribution in [2.75, 3.05) is 5.33 Å². The third-order valence-corrected chi connectivity index (χ3v) is 4.26. The fraction of sp³-hybridized carbons (Fsp3) is 1.00. The minimum Gasteiger partial charge on any atom is -0.0928 e. The number of unbranched alkanes of at least 4 members (excludes halogenated alkanes) is 6. The van der Waals surface area contributed by atoms with E-state index >= 15 is 0 Å². The highest BCUT2D eigenvalue weighted by Gasteiger charge is 1.99. The van der Waals surface area contributed by atoms with Gasteiger partial charge < -0.3 is 0 Å². The Morgan fingerprint density at radius 1 is 0.857 bits per heavy atom. The van der Waals surface area contributed by atoms with E-state index in [1.165, 1.54) is 63.1 Å². The first-order chi connectivity index (χ1) is 6.81. The maximum absolute atomic E-state index is 3.67. The Labute approximate surface area is 106 Å². The Bertz CT molecular complexity index is 104. The van der Waals surface area contributed by atoms with E-state index in [4.69, 9.17) is 0 Å². The van der Waals surface area contributed by atoms with Crippen LogP contribution in [0.2, 0.25) is 0 Å². The first-order valence-electron chi connectivity index (χ1n) is 6.01. The van der Waals surface area contributed by atoms with Crippen molar-refractivity contribution in [3.05, 3.63) is 0 Å². The second-order valence-corrected chi connectivity index (χ2v) is 6.05. The van der Waals surface area contributed by atoms with E-state index in [1.807, 2.05) is 0 Å². The molecule has 0 radical (unpaired) electrons. The molecule has 0 bridgehead atoms. The number of alkyl halides is 2. The minimum absolute atomic E-state index is 0.760. The molecular formula is C12H24Br2. The lowest BCUT2D eigenvalue weighted by molar-refractivity contribution is 0.570. The lowest BCUT2D eigenvalue weighted by Crippen LogP contribution is -1.94. The van der Waals surface area contributed by atoms with Crippen LogP contribution in [0.3, 0.4) is 0 Å². The smallest absolute Gasteiger partial charge is 0.0143 e. The van der Waals surface area contributed by atoms with Gasteiger partial charge in [0.15, 0.2) is 0 Å². The molecule has 0 aliphatic heterocycles. The van der Waals surface area contributed by atoms with E-state index in [0.717, 1.165) is 4.83 Å². The third kappa shape index (κ3) is 11.0. The normalized spacial score (nSPS) is 13.1. The predicted octanol–water partition coefficient (Wildman–Crippen LogP) is 5.68. The molecule has 0 aromatic heterocycles. The van der Waals surface area contributed by atoms with Gasteiger partial charge in [-0.1, -0.05) is 77.3 Å². The summed E-state index contributed by atoms with van der Waals surface area (Å²) >= 11 is 7.14. The highest BCUT2D eigenvalue weighted by Crippen LogP contribution is 2.15. The van der Waals surface area contributed by atoms with Crippen LogP contribution < -0.4 is 0 Å². The summed E-state index contributed by atoms with van der Waals surface area (Å²) in [6.45, 7) is 2.25. The largest absolute Gasteiger partial charge is 0.0928 e. The van der Waals surface area contributed by atoms with E-state index in [-0.39, 0.29) is 0 Å². The molecule has 1 unspecified atom stereocenters. The second-order valence-electron chi connectivity index (χ2n) is 3.96. The van der Waals surface area contributed by atoms with Crippen LogP contribution in [0.15, 0.2) is 0 Å². The van der Waals surface area contributed by atoms with Gasteiger partial charge in [0.1, 0.15) is 0 Å². The summed E-state index contributed by atoms with van der Waals surface area (Å²) in [5.74, 6) is 0. The van der Waals surface area contributed by atoms with Gasteiger partial charge >= 0.3 is 0 Å². The average Bonchev–Trinajstić information content (AvgIpc) is 2.21. The molecule has 0 nitrogen and oxygen atoms in total. The first-order valence-corrected chi connectivity index (χ1v) is 8.05. The van der Waals surface area contributed by atoms with Gasteiger partial charge in [-0.05, 0) is 19.3 Å². The lowest BCUT2D eigenvalue weighted by atomic mass is 10.1. The molecular weight excluding hydrogens is 304 g/mol. The van der Waals surface area contributed by atoms with E-state index in [0.29, 0.717) is 0 Å². The van der Waals surface area contributed by atoms with Crippen LogP contribution in [-0.2, 0) is 0 Å². The number of hydrogen-bond donors (Lipinski definition) is 0. The SMILES string of the molecule is CCC(Br)CCCCCCCCCBr. The molecule has 0 aromatic rings. The van der Waals surface area contributed by atoms with E-state index in [2.05, 4.69) is 38.8 Å². The maximum atomic E-state index is 3.67. The van der Waals surface area contributed by atoms with Gasteiger partial charge in [0.2, 0.25) is 0 Å². The van der Waals surface area contributed by atoms with Crippen LogP contribution in [0, 0.1) is 0 Å². The van der Waals surface area contributed by atoms with Crippen molar-refractivity contribution < 1.29 is 0 Å². The van der Waals surface area contributed by atoms with Crippen molar-refractivity contribution in [3.8, 4) is 0 Å². The van der Waals surface area contributed by atoms with Crippen LogP contribution in [0.5, 0.6) is 0 Å². The second kappa shape index (κ2) is 12.0. The summed E-state index contributed by atoms with van der Waals surface area (Å²) in [7, 11) is 0. The quantitative estimate of drug-likeness (QED) is 0.358. The number of hydrogen-bond acceptors (Lipinski definition) is 0. The average molecular weight is 328 g/mol. The van der Waals surface area contributed by atoms with Crippen LogP contribution in [0.1, 0.15) is 64.7 Å². The first kappa shape index (κ1) is 15.0. The molecule has 0 fully saturated rings. The third-order valence-electron chi connectivity index (χ3n) is 2.59. The minimum atomic E-state index is 0.760. The zero-order chi connectivity index (χ0) is 10.6. The maximum Gasteiger partial charge on any atom is 0.0143 e.